The van der Waals surface area contributed by atoms with Gasteiger partial charge < -0.3 is 4.74 Å². The lowest BCUT2D eigenvalue weighted by Crippen LogP contribution is -1.97. The third-order valence-corrected chi connectivity index (χ3v) is 2.87. The lowest BCUT2D eigenvalue weighted by atomic mass is 10.0. The molecular weight excluding hydrogens is 246 g/mol. The molecule has 0 amide bonds. The van der Waals surface area contributed by atoms with Crippen LogP contribution in [0.25, 0.3) is 0 Å². The van der Waals surface area contributed by atoms with Crippen LogP contribution in [0.1, 0.15) is 30.9 Å². The van der Waals surface area contributed by atoms with Crippen LogP contribution >= 0.6 is 0 Å². The highest BCUT2D eigenvalue weighted by Gasteiger charge is 2.03. The van der Waals surface area contributed by atoms with E-state index in [2.05, 4.69) is 13.8 Å². The Morgan fingerprint density at radius 3 is 2.05 bits per heavy atom. The van der Waals surface area contributed by atoms with Gasteiger partial charge in [0.15, 0.2) is 0 Å². The van der Waals surface area contributed by atoms with Gasteiger partial charge in [-0.15, -0.1) is 0 Å². The molecule has 2 rings (SSSR count). The van der Waals surface area contributed by atoms with Gasteiger partial charge in [0.25, 0.3) is 0 Å². The van der Waals surface area contributed by atoms with Crippen LogP contribution in [0.15, 0.2) is 42.5 Å². The molecule has 0 bridgehead atoms. The summed E-state index contributed by atoms with van der Waals surface area (Å²) in [6, 6.07) is 11.1. The maximum absolute atomic E-state index is 13.0. The van der Waals surface area contributed by atoms with Gasteiger partial charge in [0.1, 0.15) is 24.0 Å². The fourth-order valence-corrected chi connectivity index (χ4v) is 1.81. The summed E-state index contributed by atoms with van der Waals surface area (Å²) in [6.45, 7) is 4.38. The molecule has 1 nitrogen and oxygen atoms in total. The van der Waals surface area contributed by atoms with E-state index in [4.69, 9.17) is 4.74 Å². The second-order valence-corrected chi connectivity index (χ2v) is 4.79. The molecular formula is C16H16F2O. The second kappa shape index (κ2) is 5.83. The predicted molar refractivity (Wildman–Crippen MR) is 71.2 cm³/mol. The van der Waals surface area contributed by atoms with E-state index in [-0.39, 0.29) is 6.61 Å². The number of benzene rings is 2. The highest BCUT2D eigenvalue weighted by atomic mass is 19.1. The zero-order valence-corrected chi connectivity index (χ0v) is 11.0. The Morgan fingerprint density at radius 1 is 0.947 bits per heavy atom. The summed E-state index contributed by atoms with van der Waals surface area (Å²) in [5.74, 6) is -0.0251. The smallest absolute Gasteiger partial charge is 0.126 e. The molecule has 0 atom stereocenters. The van der Waals surface area contributed by atoms with E-state index in [9.17, 15) is 8.78 Å². The molecule has 19 heavy (non-hydrogen) atoms. The van der Waals surface area contributed by atoms with Crippen LogP contribution in [0.3, 0.4) is 0 Å². The number of ether oxygens (including phenoxy) is 1. The van der Waals surface area contributed by atoms with Gasteiger partial charge >= 0.3 is 0 Å². The van der Waals surface area contributed by atoms with Crippen LogP contribution in [0, 0.1) is 11.6 Å². The van der Waals surface area contributed by atoms with Crippen molar-refractivity contribution in [1.82, 2.24) is 0 Å². The zero-order chi connectivity index (χ0) is 13.8. The quantitative estimate of drug-likeness (QED) is 0.778. The van der Waals surface area contributed by atoms with Crippen LogP contribution in [0.2, 0.25) is 0 Å². The van der Waals surface area contributed by atoms with E-state index < -0.39 is 11.6 Å². The van der Waals surface area contributed by atoms with Gasteiger partial charge in [0.05, 0.1) is 0 Å². The maximum Gasteiger partial charge on any atom is 0.126 e. The zero-order valence-electron chi connectivity index (χ0n) is 11.0. The predicted octanol–water partition coefficient (Wildman–Crippen LogP) is 4.67. The fourth-order valence-electron chi connectivity index (χ4n) is 1.81. The number of hydrogen-bond donors (Lipinski definition) is 0. The maximum atomic E-state index is 13.0. The Morgan fingerprint density at radius 2 is 1.53 bits per heavy atom. The Hall–Kier alpha value is -1.90. The lowest BCUT2D eigenvalue weighted by Gasteiger charge is -2.09. The van der Waals surface area contributed by atoms with Gasteiger partial charge in [0.2, 0.25) is 0 Å². The summed E-state index contributed by atoms with van der Waals surface area (Å²) in [5, 5.41) is 0. The van der Waals surface area contributed by atoms with E-state index >= 15 is 0 Å². The molecule has 0 saturated heterocycles. The second-order valence-electron chi connectivity index (χ2n) is 4.79. The van der Waals surface area contributed by atoms with Crippen LogP contribution in [0.5, 0.6) is 5.75 Å². The van der Waals surface area contributed by atoms with Crippen molar-refractivity contribution in [2.45, 2.75) is 26.4 Å². The van der Waals surface area contributed by atoms with E-state index in [0.717, 1.165) is 6.07 Å². The SMILES string of the molecule is CC(C)c1ccc(OCc2cc(F)cc(F)c2)cc1. The average Bonchev–Trinajstić information content (AvgIpc) is 2.36. The minimum Gasteiger partial charge on any atom is -0.489 e. The Bertz CT molecular complexity index is 527. The molecule has 2 aromatic rings. The molecule has 0 aliphatic rings. The van der Waals surface area contributed by atoms with E-state index in [1.807, 2.05) is 24.3 Å². The molecule has 100 valence electrons. The average molecular weight is 262 g/mol. The topological polar surface area (TPSA) is 9.23 Å². The number of hydrogen-bond acceptors (Lipinski definition) is 1. The fraction of sp³-hybridized carbons (Fsp3) is 0.250. The van der Waals surface area contributed by atoms with E-state index in [0.29, 0.717) is 17.2 Å². The van der Waals surface area contributed by atoms with Gasteiger partial charge in [-0.3, -0.25) is 0 Å². The summed E-state index contributed by atoms with van der Waals surface area (Å²) in [5.41, 5.74) is 1.70. The summed E-state index contributed by atoms with van der Waals surface area (Å²) >= 11 is 0. The number of halogens is 2. The van der Waals surface area contributed by atoms with Crippen molar-refractivity contribution in [3.63, 3.8) is 0 Å². The highest BCUT2D eigenvalue weighted by Crippen LogP contribution is 2.19. The minimum atomic E-state index is -0.589. The van der Waals surface area contributed by atoms with Crippen molar-refractivity contribution in [1.29, 1.82) is 0 Å². The van der Waals surface area contributed by atoms with Gasteiger partial charge in [-0.25, -0.2) is 8.78 Å². The van der Waals surface area contributed by atoms with Gasteiger partial charge in [-0.2, -0.15) is 0 Å². The van der Waals surface area contributed by atoms with Crippen LogP contribution in [-0.4, -0.2) is 0 Å². The largest absolute Gasteiger partial charge is 0.489 e. The summed E-state index contributed by atoms with van der Waals surface area (Å²) < 4.78 is 31.5. The molecule has 0 N–H and O–H groups in total. The molecule has 0 heterocycles. The number of rotatable bonds is 4. The molecule has 0 saturated carbocycles. The Kier molecular flexibility index (Phi) is 4.15. The summed E-state index contributed by atoms with van der Waals surface area (Å²) in [6.07, 6.45) is 0. The van der Waals surface area contributed by atoms with Crippen molar-refractivity contribution in [2.75, 3.05) is 0 Å². The van der Waals surface area contributed by atoms with Crippen molar-refractivity contribution in [2.24, 2.45) is 0 Å². The van der Waals surface area contributed by atoms with Crippen LogP contribution in [0.4, 0.5) is 8.78 Å². The molecule has 0 aliphatic heterocycles. The van der Waals surface area contributed by atoms with Crippen LogP contribution in [-0.2, 0) is 6.61 Å². The first-order chi connectivity index (χ1) is 9.04. The van der Waals surface area contributed by atoms with Gasteiger partial charge in [-0.1, -0.05) is 26.0 Å². The summed E-state index contributed by atoms with van der Waals surface area (Å²) in [7, 11) is 0. The minimum absolute atomic E-state index is 0.149. The van der Waals surface area contributed by atoms with Gasteiger partial charge in [-0.05, 0) is 41.3 Å². The third-order valence-electron chi connectivity index (χ3n) is 2.87. The first-order valence-corrected chi connectivity index (χ1v) is 6.22. The molecule has 0 spiro atoms. The molecule has 2 aromatic carbocycles. The normalized spacial score (nSPS) is 10.8. The van der Waals surface area contributed by atoms with Crippen molar-refractivity contribution >= 4 is 0 Å². The van der Waals surface area contributed by atoms with E-state index in [1.54, 1.807) is 0 Å². The van der Waals surface area contributed by atoms with Crippen LogP contribution < -0.4 is 4.74 Å². The Labute approximate surface area is 111 Å². The van der Waals surface area contributed by atoms with Gasteiger partial charge in [0, 0.05) is 6.07 Å². The molecule has 0 aromatic heterocycles. The van der Waals surface area contributed by atoms with Crippen molar-refractivity contribution in [3.8, 4) is 5.75 Å². The monoisotopic (exact) mass is 262 g/mol. The van der Waals surface area contributed by atoms with Crippen molar-refractivity contribution in [3.05, 3.63) is 65.2 Å². The molecule has 0 radical (unpaired) electrons. The Balaban J connectivity index is 2.02. The third kappa shape index (κ3) is 3.78. The molecule has 0 aliphatic carbocycles. The first-order valence-electron chi connectivity index (χ1n) is 6.22. The van der Waals surface area contributed by atoms with E-state index in [1.165, 1.54) is 17.7 Å². The van der Waals surface area contributed by atoms with Crippen molar-refractivity contribution < 1.29 is 13.5 Å². The standard InChI is InChI=1S/C16H16F2O/c1-11(2)13-3-5-16(6-4-13)19-10-12-7-14(17)9-15(18)8-12/h3-9,11H,10H2,1-2H3. The molecule has 0 fully saturated rings. The molecule has 0 unspecified atom stereocenters. The molecule has 3 heteroatoms. The summed E-state index contributed by atoms with van der Waals surface area (Å²) in [4.78, 5) is 0. The lowest BCUT2D eigenvalue weighted by molar-refractivity contribution is 0.304. The first kappa shape index (κ1) is 13.5. The highest BCUT2D eigenvalue weighted by molar-refractivity contribution is 5.29.